The van der Waals surface area contributed by atoms with E-state index in [4.69, 9.17) is 22.4 Å². The number of sulfone groups is 1. The van der Waals surface area contributed by atoms with Crippen molar-refractivity contribution in [2.24, 2.45) is 5.84 Å². The van der Waals surface area contributed by atoms with Gasteiger partial charge in [-0.3, -0.25) is 5.01 Å². The smallest absolute Gasteiger partial charge is 0.175 e. The zero-order valence-electron chi connectivity index (χ0n) is 19.9. The summed E-state index contributed by atoms with van der Waals surface area (Å²) in [6.07, 6.45) is 8.60. The summed E-state index contributed by atoms with van der Waals surface area (Å²) in [7, 11) is -3.45. The molecule has 5 rings (SSSR count). The first-order valence-corrected chi connectivity index (χ1v) is 14.6. The molecule has 0 bridgehead atoms. The molecule has 7 nitrogen and oxygen atoms in total. The minimum Gasteiger partial charge on any atom is -0.292 e. The quantitative estimate of drug-likeness (QED) is 0.168. The number of fused-ring (bicyclic) bond motifs is 1. The molecule has 4 aromatic rings. The first-order chi connectivity index (χ1) is 17.6. The van der Waals surface area contributed by atoms with E-state index in [9.17, 15) is 17.2 Å². The Balaban J connectivity index is 0.000000225. The Kier molecular flexibility index (Phi) is 8.47. The van der Waals surface area contributed by atoms with Crippen molar-refractivity contribution in [3.05, 3.63) is 75.9 Å². The maximum Gasteiger partial charge on any atom is 0.175 e. The van der Waals surface area contributed by atoms with Crippen molar-refractivity contribution in [3.8, 4) is 11.3 Å². The molecule has 0 spiro atoms. The van der Waals surface area contributed by atoms with Crippen LogP contribution in [0.4, 0.5) is 14.6 Å². The van der Waals surface area contributed by atoms with Crippen LogP contribution in [0.25, 0.3) is 16.9 Å². The molecule has 1 aliphatic carbocycles. The minimum absolute atomic E-state index is 0.221. The number of rotatable bonds is 4. The number of benzene rings is 2. The number of aromatic nitrogens is 3. The van der Waals surface area contributed by atoms with Gasteiger partial charge in [0.2, 0.25) is 0 Å². The molecule has 0 saturated heterocycles. The fourth-order valence-electron chi connectivity index (χ4n) is 4.16. The standard InChI is InChI=1S/C18H19BrClN5.C7H6F2O2S/c19-14-11-22-25-17(24(21)12-6-2-1-3-7-12)10-16(23-18(14)25)13-8-4-5-9-15(13)20;1-12(10,11)5-2-3-6(8)7(9)4-5/h4-5,8-12H,1-3,6-7,21H2;2-4H,1H3. The Labute approximate surface area is 227 Å². The number of nitrogens with two attached hydrogens (primary N) is 1. The van der Waals surface area contributed by atoms with E-state index >= 15 is 0 Å². The highest BCUT2D eigenvalue weighted by molar-refractivity contribution is 9.10. The summed E-state index contributed by atoms with van der Waals surface area (Å²) in [5, 5.41) is 6.97. The van der Waals surface area contributed by atoms with Gasteiger partial charge in [-0.25, -0.2) is 28.0 Å². The minimum atomic E-state index is -3.45. The number of halogens is 4. The molecule has 37 heavy (non-hydrogen) atoms. The van der Waals surface area contributed by atoms with Gasteiger partial charge >= 0.3 is 0 Å². The van der Waals surface area contributed by atoms with Crippen molar-refractivity contribution in [1.82, 2.24) is 14.6 Å². The fourth-order valence-corrected chi connectivity index (χ4v) is 5.38. The van der Waals surface area contributed by atoms with E-state index in [0.717, 1.165) is 58.4 Å². The molecule has 0 unspecified atom stereocenters. The van der Waals surface area contributed by atoms with Crippen molar-refractivity contribution in [2.75, 3.05) is 11.3 Å². The van der Waals surface area contributed by atoms with Gasteiger partial charge in [-0.15, -0.1) is 0 Å². The lowest BCUT2D eigenvalue weighted by Crippen LogP contribution is -2.43. The third-order valence-electron chi connectivity index (χ3n) is 6.11. The molecule has 2 heterocycles. The second-order valence-corrected chi connectivity index (χ2v) is 12.0. The van der Waals surface area contributed by atoms with Gasteiger partial charge in [0.1, 0.15) is 5.82 Å². The van der Waals surface area contributed by atoms with Crippen LogP contribution >= 0.6 is 27.5 Å². The molecule has 1 saturated carbocycles. The number of hydrazine groups is 1. The highest BCUT2D eigenvalue weighted by Crippen LogP contribution is 2.33. The molecule has 2 aromatic heterocycles. The Morgan fingerprint density at radius 1 is 1.08 bits per heavy atom. The summed E-state index contributed by atoms with van der Waals surface area (Å²) < 4.78 is 49.0. The largest absolute Gasteiger partial charge is 0.292 e. The third-order valence-corrected chi connectivity index (χ3v) is 8.11. The third kappa shape index (κ3) is 6.28. The molecule has 12 heteroatoms. The summed E-state index contributed by atoms with van der Waals surface area (Å²) in [5.74, 6) is 5.15. The van der Waals surface area contributed by atoms with Crippen LogP contribution in [-0.4, -0.2) is 35.3 Å². The Hall–Kier alpha value is -2.60. The van der Waals surface area contributed by atoms with E-state index in [-0.39, 0.29) is 4.90 Å². The highest BCUT2D eigenvalue weighted by atomic mass is 79.9. The van der Waals surface area contributed by atoms with Crippen LogP contribution < -0.4 is 10.9 Å². The lowest BCUT2D eigenvalue weighted by molar-refractivity contribution is 0.414. The van der Waals surface area contributed by atoms with Crippen molar-refractivity contribution in [1.29, 1.82) is 0 Å². The van der Waals surface area contributed by atoms with Crippen molar-refractivity contribution < 1.29 is 17.2 Å². The van der Waals surface area contributed by atoms with E-state index < -0.39 is 21.5 Å². The molecular weight excluding hydrogens is 588 g/mol. The van der Waals surface area contributed by atoms with Gasteiger partial charge in [0.15, 0.2) is 27.1 Å². The molecule has 0 aliphatic heterocycles. The van der Waals surface area contributed by atoms with Gasteiger partial charge in [0.05, 0.1) is 21.3 Å². The zero-order valence-corrected chi connectivity index (χ0v) is 23.1. The molecular formula is C25H25BrClF2N5O2S. The second-order valence-electron chi connectivity index (χ2n) is 8.75. The summed E-state index contributed by atoms with van der Waals surface area (Å²) >= 11 is 9.92. The van der Waals surface area contributed by atoms with Crippen molar-refractivity contribution >= 4 is 48.8 Å². The van der Waals surface area contributed by atoms with Gasteiger partial charge in [-0.05, 0) is 53.0 Å². The molecule has 2 N–H and O–H groups in total. The highest BCUT2D eigenvalue weighted by Gasteiger charge is 2.23. The van der Waals surface area contributed by atoms with Gasteiger partial charge in [0, 0.05) is 29.0 Å². The van der Waals surface area contributed by atoms with Crippen molar-refractivity contribution in [3.63, 3.8) is 0 Å². The predicted molar refractivity (Wildman–Crippen MR) is 144 cm³/mol. The fraction of sp³-hybridized carbons (Fsp3) is 0.280. The number of hydrogen-bond donors (Lipinski definition) is 1. The van der Waals surface area contributed by atoms with E-state index in [2.05, 4.69) is 21.0 Å². The Morgan fingerprint density at radius 3 is 2.43 bits per heavy atom. The number of hydrogen-bond acceptors (Lipinski definition) is 6. The van der Waals surface area contributed by atoms with Crippen LogP contribution in [0.3, 0.4) is 0 Å². The maximum absolute atomic E-state index is 12.5. The van der Waals surface area contributed by atoms with E-state index in [0.29, 0.717) is 17.1 Å². The first kappa shape index (κ1) is 27.4. The SMILES string of the molecule is CS(=O)(=O)c1ccc(F)c(F)c1.NN(c1cc(-c2ccccc2Cl)nc2c(Br)cnn12)C1CCCCC1. The van der Waals surface area contributed by atoms with Crippen LogP contribution in [0.15, 0.2) is 64.1 Å². The van der Waals surface area contributed by atoms with Gasteiger partial charge in [-0.1, -0.05) is 49.1 Å². The van der Waals surface area contributed by atoms with Crippen molar-refractivity contribution in [2.45, 2.75) is 43.0 Å². The van der Waals surface area contributed by atoms with Crippen LogP contribution in [0.5, 0.6) is 0 Å². The Bertz CT molecular complexity index is 1530. The summed E-state index contributed by atoms with van der Waals surface area (Å²) in [5.41, 5.74) is 2.41. The molecule has 0 atom stereocenters. The molecule has 196 valence electrons. The molecule has 0 radical (unpaired) electrons. The topological polar surface area (TPSA) is 93.6 Å². The summed E-state index contributed by atoms with van der Waals surface area (Å²) in [6.45, 7) is 0. The summed E-state index contributed by atoms with van der Waals surface area (Å²) in [6, 6.07) is 12.5. The molecule has 1 aliphatic rings. The lowest BCUT2D eigenvalue weighted by atomic mass is 9.95. The average molecular weight is 613 g/mol. The molecule has 2 aromatic carbocycles. The van der Waals surface area contributed by atoms with Gasteiger partial charge < -0.3 is 0 Å². The monoisotopic (exact) mass is 611 g/mol. The number of anilines is 1. The van der Waals surface area contributed by atoms with Gasteiger partial charge in [0.25, 0.3) is 0 Å². The average Bonchev–Trinajstić information content (AvgIpc) is 3.26. The molecule has 0 amide bonds. The van der Waals surface area contributed by atoms with Crippen LogP contribution in [0, 0.1) is 11.6 Å². The summed E-state index contributed by atoms with van der Waals surface area (Å²) in [4.78, 5) is 4.52. The second kappa shape index (κ2) is 11.4. The normalized spacial score (nSPS) is 14.3. The maximum atomic E-state index is 12.5. The van der Waals surface area contributed by atoms with Crippen LogP contribution in [0.2, 0.25) is 5.02 Å². The predicted octanol–water partition coefficient (Wildman–Crippen LogP) is 6.19. The van der Waals surface area contributed by atoms with E-state index in [1.807, 2.05) is 35.3 Å². The van der Waals surface area contributed by atoms with Gasteiger partial charge in [-0.2, -0.15) is 9.61 Å². The van der Waals surface area contributed by atoms with E-state index in [1.165, 1.54) is 19.3 Å². The van der Waals surface area contributed by atoms with Crippen LogP contribution in [0.1, 0.15) is 32.1 Å². The Morgan fingerprint density at radius 2 is 1.78 bits per heavy atom. The molecule has 1 fully saturated rings. The number of nitrogens with zero attached hydrogens (tertiary/aromatic N) is 4. The first-order valence-electron chi connectivity index (χ1n) is 11.5. The van der Waals surface area contributed by atoms with E-state index in [1.54, 1.807) is 10.7 Å². The zero-order chi connectivity index (χ0) is 26.7. The van der Waals surface area contributed by atoms with Crippen LogP contribution in [-0.2, 0) is 9.84 Å². The lowest BCUT2D eigenvalue weighted by Gasteiger charge is -2.32.